The summed E-state index contributed by atoms with van der Waals surface area (Å²) in [7, 11) is -3.84. The predicted molar refractivity (Wildman–Crippen MR) is 119 cm³/mol. The minimum absolute atomic E-state index is 0.121. The number of sulfonamides is 1. The second-order valence-corrected chi connectivity index (χ2v) is 9.43. The molecule has 4 rings (SSSR count). The van der Waals surface area contributed by atoms with Gasteiger partial charge in [0.05, 0.1) is 15.1 Å². The molecule has 0 atom stereocenters. The van der Waals surface area contributed by atoms with E-state index in [0.717, 1.165) is 15.8 Å². The summed E-state index contributed by atoms with van der Waals surface area (Å²) >= 11 is 7.36. The lowest BCUT2D eigenvalue weighted by molar-refractivity contribution is -0.114. The predicted octanol–water partition coefficient (Wildman–Crippen LogP) is 4.77. The number of pyridine rings is 1. The Bertz CT molecular complexity index is 1360. The third-order valence-electron chi connectivity index (χ3n) is 4.13. The summed E-state index contributed by atoms with van der Waals surface area (Å²) in [6.45, 7) is 1.42. The molecule has 10 heteroatoms. The van der Waals surface area contributed by atoms with Crippen molar-refractivity contribution < 1.29 is 13.2 Å². The van der Waals surface area contributed by atoms with Gasteiger partial charge in [-0.3, -0.25) is 9.52 Å². The highest BCUT2D eigenvalue weighted by Gasteiger charge is 2.18. The minimum Gasteiger partial charge on any atom is -0.302 e. The number of hydrogen-bond acceptors (Lipinski definition) is 6. The molecule has 4 aromatic rings. The molecule has 2 aromatic carbocycles. The van der Waals surface area contributed by atoms with Gasteiger partial charge in [-0.25, -0.2) is 18.4 Å². The van der Waals surface area contributed by atoms with Crippen molar-refractivity contribution in [3.05, 3.63) is 65.8 Å². The Morgan fingerprint density at radius 2 is 1.80 bits per heavy atom. The molecule has 0 aliphatic carbocycles. The highest BCUT2D eigenvalue weighted by atomic mass is 35.5. The van der Waals surface area contributed by atoms with E-state index in [2.05, 4.69) is 20.0 Å². The second kappa shape index (κ2) is 8.02. The molecule has 152 valence electrons. The molecule has 2 N–H and O–H groups in total. The monoisotopic (exact) mass is 458 g/mol. The summed E-state index contributed by atoms with van der Waals surface area (Å²) in [4.78, 5) is 19.9. The molecule has 0 aliphatic heterocycles. The number of aromatic nitrogens is 2. The lowest BCUT2D eigenvalue weighted by Gasteiger charge is -2.12. The average molecular weight is 459 g/mol. The molecule has 7 nitrogen and oxygen atoms in total. The molecule has 0 aliphatic rings. The quantitative estimate of drug-likeness (QED) is 0.419. The summed E-state index contributed by atoms with van der Waals surface area (Å²) in [6, 6.07) is 16.8. The Labute approximate surface area is 181 Å². The number of carbonyl (C=O) groups is 1. The number of hydrogen-bond donors (Lipinski definition) is 2. The maximum Gasteiger partial charge on any atom is 0.263 e. The van der Waals surface area contributed by atoms with Crippen LogP contribution in [0.15, 0.2) is 65.6 Å². The summed E-state index contributed by atoms with van der Waals surface area (Å²) in [5, 5.41) is 3.33. The van der Waals surface area contributed by atoms with E-state index in [1.807, 2.05) is 12.1 Å². The second-order valence-electron chi connectivity index (χ2n) is 6.33. The van der Waals surface area contributed by atoms with E-state index in [1.54, 1.807) is 36.4 Å². The van der Waals surface area contributed by atoms with Crippen LogP contribution in [0.4, 0.5) is 10.9 Å². The Morgan fingerprint density at radius 1 is 1.03 bits per heavy atom. The van der Waals surface area contributed by atoms with Crippen molar-refractivity contribution in [1.82, 2.24) is 9.97 Å². The molecular weight excluding hydrogens is 444 g/mol. The summed E-state index contributed by atoms with van der Waals surface area (Å²) in [5.74, 6) is -0.0777. The van der Waals surface area contributed by atoms with Crippen LogP contribution in [0.3, 0.4) is 0 Å². The lowest BCUT2D eigenvalue weighted by Crippen LogP contribution is -2.14. The fraction of sp³-hybridized carbons (Fsp3) is 0.0500. The third kappa shape index (κ3) is 4.28. The number of benzene rings is 2. The molecule has 0 unspecified atom stereocenters. The smallest absolute Gasteiger partial charge is 0.263 e. The van der Waals surface area contributed by atoms with E-state index in [4.69, 9.17) is 11.6 Å². The minimum atomic E-state index is -3.84. The third-order valence-corrected chi connectivity index (χ3v) is 6.63. The average Bonchev–Trinajstić information content (AvgIpc) is 3.09. The fourth-order valence-electron chi connectivity index (χ4n) is 2.83. The molecule has 1 amide bonds. The van der Waals surface area contributed by atoms with Crippen molar-refractivity contribution in [2.45, 2.75) is 11.8 Å². The van der Waals surface area contributed by atoms with Crippen LogP contribution in [0.2, 0.25) is 5.15 Å². The summed E-state index contributed by atoms with van der Waals surface area (Å²) in [5.41, 5.74) is 2.02. The Morgan fingerprint density at radius 3 is 2.53 bits per heavy atom. The zero-order valence-corrected chi connectivity index (χ0v) is 18.0. The molecule has 0 spiro atoms. The molecule has 0 radical (unpaired) electrons. The Kier molecular flexibility index (Phi) is 5.42. The molecule has 2 aromatic heterocycles. The first-order chi connectivity index (χ1) is 14.3. The molecule has 30 heavy (non-hydrogen) atoms. The topological polar surface area (TPSA) is 101 Å². The van der Waals surface area contributed by atoms with Crippen LogP contribution in [-0.2, 0) is 14.8 Å². The van der Waals surface area contributed by atoms with Crippen molar-refractivity contribution >= 4 is 60.0 Å². The number of carbonyl (C=O) groups excluding carboxylic acids is 1. The molecule has 2 heterocycles. The zero-order chi connectivity index (χ0) is 21.3. The zero-order valence-electron chi connectivity index (χ0n) is 15.6. The van der Waals surface area contributed by atoms with Gasteiger partial charge in [0, 0.05) is 12.5 Å². The van der Waals surface area contributed by atoms with E-state index in [9.17, 15) is 13.2 Å². The number of anilines is 2. The highest BCUT2D eigenvalue weighted by Crippen LogP contribution is 2.34. The number of nitrogens with one attached hydrogen (secondary N) is 2. The van der Waals surface area contributed by atoms with E-state index < -0.39 is 10.0 Å². The maximum atomic E-state index is 12.8. The van der Waals surface area contributed by atoms with Gasteiger partial charge in [-0.1, -0.05) is 47.2 Å². The van der Waals surface area contributed by atoms with E-state index in [-0.39, 0.29) is 21.8 Å². The molecule has 0 saturated heterocycles. The number of thiazole rings is 1. The Hall–Kier alpha value is -3.01. The Balaban J connectivity index is 1.75. The van der Waals surface area contributed by atoms with Gasteiger partial charge in [-0.05, 0) is 42.0 Å². The number of halogens is 1. The number of amides is 1. The van der Waals surface area contributed by atoms with E-state index >= 15 is 0 Å². The highest BCUT2D eigenvalue weighted by molar-refractivity contribution is 7.92. The van der Waals surface area contributed by atoms with Crippen molar-refractivity contribution in [2.24, 2.45) is 0 Å². The maximum absolute atomic E-state index is 12.8. The molecule has 0 saturated carbocycles. The van der Waals surface area contributed by atoms with Gasteiger partial charge in [0.1, 0.15) is 11.0 Å². The van der Waals surface area contributed by atoms with Crippen LogP contribution in [0, 0.1) is 0 Å². The van der Waals surface area contributed by atoms with Crippen molar-refractivity contribution in [3.63, 3.8) is 0 Å². The molecule has 0 bridgehead atoms. The van der Waals surface area contributed by atoms with Crippen LogP contribution in [-0.4, -0.2) is 24.3 Å². The first kappa shape index (κ1) is 20.3. The van der Waals surface area contributed by atoms with Crippen LogP contribution < -0.4 is 10.0 Å². The number of fused-ring (bicyclic) bond motifs is 1. The van der Waals surface area contributed by atoms with Gasteiger partial charge in [-0.15, -0.1) is 0 Å². The van der Waals surface area contributed by atoms with Gasteiger partial charge < -0.3 is 5.32 Å². The number of rotatable bonds is 5. The lowest BCUT2D eigenvalue weighted by atomic mass is 10.1. The van der Waals surface area contributed by atoms with Gasteiger partial charge in [-0.2, -0.15) is 0 Å². The SMILES string of the molecule is CC(=O)Nc1nc2ccc(-c3ccc(Cl)nc3NS(=O)(=O)c3ccccc3)cc2s1. The van der Waals surface area contributed by atoms with Crippen LogP contribution >= 0.6 is 22.9 Å². The van der Waals surface area contributed by atoms with Gasteiger partial charge in [0.15, 0.2) is 5.13 Å². The molecular formula is C20H15ClN4O3S2. The van der Waals surface area contributed by atoms with Crippen molar-refractivity contribution in [3.8, 4) is 11.1 Å². The summed E-state index contributed by atoms with van der Waals surface area (Å²) < 4.78 is 28.9. The van der Waals surface area contributed by atoms with Crippen LogP contribution in [0.5, 0.6) is 0 Å². The van der Waals surface area contributed by atoms with Crippen LogP contribution in [0.1, 0.15) is 6.92 Å². The normalized spacial score (nSPS) is 11.4. The summed E-state index contributed by atoms with van der Waals surface area (Å²) in [6.07, 6.45) is 0. The standard InChI is InChI=1S/C20H15ClN4O3S2/c1-12(26)22-20-23-16-9-7-13(11-17(16)29-20)15-8-10-18(21)24-19(15)25-30(27,28)14-5-3-2-4-6-14/h2-11H,1H3,(H,24,25)(H,22,23,26). The largest absolute Gasteiger partial charge is 0.302 e. The molecule has 0 fully saturated rings. The first-order valence-electron chi connectivity index (χ1n) is 8.75. The van der Waals surface area contributed by atoms with E-state index in [0.29, 0.717) is 10.7 Å². The number of nitrogens with zero attached hydrogens (tertiary/aromatic N) is 2. The van der Waals surface area contributed by atoms with Gasteiger partial charge >= 0.3 is 0 Å². The fourth-order valence-corrected chi connectivity index (χ4v) is 4.97. The van der Waals surface area contributed by atoms with E-state index in [1.165, 1.54) is 30.4 Å². The van der Waals surface area contributed by atoms with Gasteiger partial charge in [0.25, 0.3) is 10.0 Å². The first-order valence-corrected chi connectivity index (χ1v) is 11.4. The van der Waals surface area contributed by atoms with Crippen LogP contribution in [0.25, 0.3) is 21.3 Å². The van der Waals surface area contributed by atoms with Crippen molar-refractivity contribution in [1.29, 1.82) is 0 Å². The van der Waals surface area contributed by atoms with Crippen molar-refractivity contribution in [2.75, 3.05) is 10.0 Å². The van der Waals surface area contributed by atoms with Gasteiger partial charge in [0.2, 0.25) is 5.91 Å².